The van der Waals surface area contributed by atoms with Crippen molar-refractivity contribution < 1.29 is 14.3 Å². The van der Waals surface area contributed by atoms with Gasteiger partial charge in [-0.3, -0.25) is 4.79 Å². The Bertz CT molecular complexity index is 417. The van der Waals surface area contributed by atoms with Crippen molar-refractivity contribution in [2.45, 2.75) is 6.42 Å². The van der Waals surface area contributed by atoms with Gasteiger partial charge in [-0.2, -0.15) is 0 Å². The fourth-order valence-electron chi connectivity index (χ4n) is 2.06. The molecule has 19 heavy (non-hydrogen) atoms. The molecule has 0 bridgehead atoms. The molecule has 1 saturated heterocycles. The Morgan fingerprint density at radius 2 is 2.32 bits per heavy atom. The van der Waals surface area contributed by atoms with Crippen molar-refractivity contribution in [1.29, 1.82) is 0 Å². The summed E-state index contributed by atoms with van der Waals surface area (Å²) in [5, 5.41) is 6.06. The van der Waals surface area contributed by atoms with Crippen molar-refractivity contribution in [2.24, 2.45) is 5.92 Å². The maximum atomic E-state index is 11.7. The first-order valence-corrected chi connectivity index (χ1v) is 6.55. The maximum absolute atomic E-state index is 11.7. The monoisotopic (exact) mass is 264 g/mol. The molecule has 1 fully saturated rings. The van der Waals surface area contributed by atoms with E-state index in [9.17, 15) is 4.79 Å². The number of benzene rings is 1. The highest BCUT2D eigenvalue weighted by Gasteiger charge is 2.21. The van der Waals surface area contributed by atoms with Crippen molar-refractivity contribution in [3.8, 4) is 11.5 Å². The first-order valence-electron chi connectivity index (χ1n) is 6.55. The summed E-state index contributed by atoms with van der Waals surface area (Å²) < 4.78 is 10.7. The number of rotatable bonds is 6. The minimum Gasteiger partial charge on any atom is -0.497 e. The Labute approximate surface area is 113 Å². The van der Waals surface area contributed by atoms with E-state index < -0.39 is 0 Å². The number of carbonyl (C=O) groups is 1. The summed E-state index contributed by atoms with van der Waals surface area (Å²) in [4.78, 5) is 11.7. The normalized spacial score (nSPS) is 18.1. The summed E-state index contributed by atoms with van der Waals surface area (Å²) in [6.07, 6.45) is 0.919. The van der Waals surface area contributed by atoms with Gasteiger partial charge in [0, 0.05) is 12.6 Å². The summed E-state index contributed by atoms with van der Waals surface area (Å²) in [5.41, 5.74) is 0. The number of ether oxygens (including phenoxy) is 2. The van der Waals surface area contributed by atoms with E-state index in [2.05, 4.69) is 10.6 Å². The lowest BCUT2D eigenvalue weighted by molar-refractivity contribution is -0.124. The quantitative estimate of drug-likeness (QED) is 0.746. The SMILES string of the molecule is COc1cccc(OCCNC(=O)[C@H]2CCNC2)c1. The highest BCUT2D eigenvalue weighted by Crippen LogP contribution is 2.18. The van der Waals surface area contributed by atoms with Crippen LogP contribution in [-0.2, 0) is 4.79 Å². The van der Waals surface area contributed by atoms with Crippen molar-refractivity contribution >= 4 is 5.91 Å². The molecule has 5 nitrogen and oxygen atoms in total. The third-order valence-corrected chi connectivity index (χ3v) is 3.14. The van der Waals surface area contributed by atoms with Crippen LogP contribution < -0.4 is 20.1 Å². The van der Waals surface area contributed by atoms with Crippen LogP contribution in [0.2, 0.25) is 0 Å². The third-order valence-electron chi connectivity index (χ3n) is 3.14. The van der Waals surface area contributed by atoms with E-state index in [1.54, 1.807) is 7.11 Å². The van der Waals surface area contributed by atoms with Gasteiger partial charge >= 0.3 is 0 Å². The van der Waals surface area contributed by atoms with E-state index in [1.807, 2.05) is 24.3 Å². The zero-order valence-electron chi connectivity index (χ0n) is 11.1. The van der Waals surface area contributed by atoms with Crippen molar-refractivity contribution in [3.63, 3.8) is 0 Å². The van der Waals surface area contributed by atoms with E-state index in [0.717, 1.165) is 31.0 Å². The maximum Gasteiger partial charge on any atom is 0.224 e. The summed E-state index contributed by atoms with van der Waals surface area (Å²) in [5.74, 6) is 1.73. The van der Waals surface area contributed by atoms with Crippen LogP contribution in [-0.4, -0.2) is 39.3 Å². The molecule has 0 unspecified atom stereocenters. The molecule has 1 aromatic carbocycles. The van der Waals surface area contributed by atoms with Gasteiger partial charge in [0.2, 0.25) is 5.91 Å². The Morgan fingerprint density at radius 3 is 3.05 bits per heavy atom. The van der Waals surface area contributed by atoms with Crippen molar-refractivity contribution in [2.75, 3.05) is 33.4 Å². The van der Waals surface area contributed by atoms with Crippen LogP contribution in [0.5, 0.6) is 11.5 Å². The Kier molecular flexibility index (Phi) is 5.03. The molecule has 1 aliphatic heterocycles. The molecule has 1 aliphatic rings. The van der Waals surface area contributed by atoms with Gasteiger partial charge in [0.05, 0.1) is 19.6 Å². The number of hydrogen-bond acceptors (Lipinski definition) is 4. The Morgan fingerprint density at radius 1 is 1.47 bits per heavy atom. The average Bonchev–Trinajstić information content (AvgIpc) is 2.98. The number of amides is 1. The van der Waals surface area contributed by atoms with Gasteiger partial charge in [-0.1, -0.05) is 6.07 Å². The number of carbonyl (C=O) groups excluding carboxylic acids is 1. The fraction of sp³-hybridized carbons (Fsp3) is 0.500. The first kappa shape index (κ1) is 13.7. The van der Waals surface area contributed by atoms with Crippen LogP contribution in [0.25, 0.3) is 0 Å². The van der Waals surface area contributed by atoms with Gasteiger partial charge in [-0.25, -0.2) is 0 Å². The molecule has 1 heterocycles. The molecule has 1 aromatic rings. The summed E-state index contributed by atoms with van der Waals surface area (Å²) >= 11 is 0. The molecule has 2 rings (SSSR count). The second-order valence-electron chi connectivity index (χ2n) is 4.51. The molecule has 0 radical (unpaired) electrons. The standard InChI is InChI=1S/C14H20N2O3/c1-18-12-3-2-4-13(9-12)19-8-7-16-14(17)11-5-6-15-10-11/h2-4,9,11,15H,5-8,10H2,1H3,(H,16,17)/t11-/m0/s1. The topological polar surface area (TPSA) is 59.6 Å². The highest BCUT2D eigenvalue weighted by molar-refractivity contribution is 5.79. The van der Waals surface area contributed by atoms with Crippen LogP contribution >= 0.6 is 0 Å². The molecule has 2 N–H and O–H groups in total. The Balaban J connectivity index is 1.67. The van der Waals surface area contributed by atoms with Crippen molar-refractivity contribution in [3.05, 3.63) is 24.3 Å². The molecule has 0 saturated carbocycles. The molecule has 0 aliphatic carbocycles. The van der Waals surface area contributed by atoms with Gasteiger partial charge in [-0.05, 0) is 25.1 Å². The lowest BCUT2D eigenvalue weighted by Gasteiger charge is -2.11. The average molecular weight is 264 g/mol. The van der Waals surface area contributed by atoms with Gasteiger partial charge < -0.3 is 20.1 Å². The summed E-state index contributed by atoms with van der Waals surface area (Å²) in [6.45, 7) is 2.69. The van der Waals surface area contributed by atoms with Crippen LogP contribution in [0.3, 0.4) is 0 Å². The van der Waals surface area contributed by atoms with E-state index in [1.165, 1.54) is 0 Å². The molecule has 5 heteroatoms. The minimum atomic E-state index is 0.108. The smallest absolute Gasteiger partial charge is 0.224 e. The van der Waals surface area contributed by atoms with Gasteiger partial charge in [0.25, 0.3) is 0 Å². The largest absolute Gasteiger partial charge is 0.497 e. The van der Waals surface area contributed by atoms with Crippen LogP contribution in [0.15, 0.2) is 24.3 Å². The zero-order valence-corrected chi connectivity index (χ0v) is 11.1. The molecule has 104 valence electrons. The lowest BCUT2D eigenvalue weighted by Crippen LogP contribution is -2.34. The second-order valence-corrected chi connectivity index (χ2v) is 4.51. The first-order chi connectivity index (χ1) is 9.29. The van der Waals surface area contributed by atoms with Crippen molar-refractivity contribution in [1.82, 2.24) is 10.6 Å². The summed E-state index contributed by atoms with van der Waals surface area (Å²) in [7, 11) is 1.62. The predicted octanol–water partition coefficient (Wildman–Crippen LogP) is 0.800. The van der Waals surface area contributed by atoms with Crippen LogP contribution in [0, 0.1) is 5.92 Å². The third kappa shape index (κ3) is 4.13. The summed E-state index contributed by atoms with van der Waals surface area (Å²) in [6, 6.07) is 7.42. The molecular formula is C14H20N2O3. The molecule has 1 amide bonds. The highest BCUT2D eigenvalue weighted by atomic mass is 16.5. The predicted molar refractivity (Wildman–Crippen MR) is 72.5 cm³/mol. The molecule has 1 atom stereocenters. The molecule has 0 aromatic heterocycles. The second kappa shape index (κ2) is 6.99. The van der Waals surface area contributed by atoms with Crippen LogP contribution in [0.4, 0.5) is 0 Å². The van der Waals surface area contributed by atoms with Crippen LogP contribution in [0.1, 0.15) is 6.42 Å². The van der Waals surface area contributed by atoms with E-state index in [4.69, 9.17) is 9.47 Å². The van der Waals surface area contributed by atoms with Gasteiger partial charge in [-0.15, -0.1) is 0 Å². The number of hydrogen-bond donors (Lipinski definition) is 2. The van der Waals surface area contributed by atoms with E-state index in [0.29, 0.717) is 13.2 Å². The minimum absolute atomic E-state index is 0.108. The fourth-order valence-corrected chi connectivity index (χ4v) is 2.06. The lowest BCUT2D eigenvalue weighted by atomic mass is 10.1. The van der Waals surface area contributed by atoms with Gasteiger partial charge in [0.1, 0.15) is 18.1 Å². The Hall–Kier alpha value is -1.75. The van der Waals surface area contributed by atoms with E-state index in [-0.39, 0.29) is 11.8 Å². The number of methoxy groups -OCH3 is 1. The molecule has 0 spiro atoms. The number of nitrogens with one attached hydrogen (secondary N) is 2. The molecular weight excluding hydrogens is 244 g/mol. The van der Waals surface area contributed by atoms with Gasteiger partial charge in [0.15, 0.2) is 0 Å². The zero-order chi connectivity index (χ0) is 13.5. The van der Waals surface area contributed by atoms with E-state index >= 15 is 0 Å².